The average Bonchev–Trinajstić information content (AvgIpc) is 3.23. The van der Waals surface area contributed by atoms with Crippen molar-refractivity contribution in [3.05, 3.63) is 0 Å². The first-order chi connectivity index (χ1) is 18.6. The van der Waals surface area contributed by atoms with Crippen LogP contribution in [0.3, 0.4) is 0 Å². The first-order valence-electron chi connectivity index (χ1n) is 17.2. The summed E-state index contributed by atoms with van der Waals surface area (Å²) in [5, 5.41) is 39.6. The van der Waals surface area contributed by atoms with Crippen molar-refractivity contribution in [2.45, 2.75) is 151 Å². The first-order valence-corrected chi connectivity index (χ1v) is 17.2. The van der Waals surface area contributed by atoms with Gasteiger partial charge in [-0.3, -0.25) is 0 Å². The van der Waals surface area contributed by atoms with E-state index >= 15 is 0 Å². The minimum atomic E-state index is -1.27. The molecule has 0 saturated heterocycles. The van der Waals surface area contributed by atoms with Crippen LogP contribution in [0, 0.1) is 68.5 Å². The summed E-state index contributed by atoms with van der Waals surface area (Å²) in [5.41, 5.74) is 2.17. The number of hydrogen-bond acceptors (Lipinski definition) is 4. The molecule has 5 rings (SSSR count). The third-order valence-electron chi connectivity index (χ3n) is 15.7. The Hall–Kier alpha value is -0.160. The Morgan fingerprint density at radius 3 is 2.08 bits per heavy atom. The van der Waals surface area contributed by atoms with Gasteiger partial charge in [0.25, 0.3) is 0 Å². The Morgan fingerprint density at radius 2 is 1.40 bits per heavy atom. The van der Waals surface area contributed by atoms with Gasteiger partial charge in [-0.2, -0.15) is 0 Å². The van der Waals surface area contributed by atoms with Gasteiger partial charge in [-0.15, -0.1) is 0 Å². The molecule has 5 aliphatic rings. The fourth-order valence-corrected chi connectivity index (χ4v) is 13.8. The second-order valence-corrected chi connectivity index (χ2v) is 17.7. The van der Waals surface area contributed by atoms with E-state index in [-0.39, 0.29) is 0 Å². The number of aliphatic hydroxyl groups excluding tert-OH is 4. The van der Waals surface area contributed by atoms with Crippen LogP contribution in [0.5, 0.6) is 0 Å². The summed E-state index contributed by atoms with van der Waals surface area (Å²) in [6.07, 6.45) is 11.6. The lowest BCUT2D eigenvalue weighted by atomic mass is 9.30. The molecule has 4 N–H and O–H groups in total. The van der Waals surface area contributed by atoms with E-state index in [2.05, 4.69) is 55.4 Å². The normalized spacial score (nSPS) is 51.0. The van der Waals surface area contributed by atoms with Crippen LogP contribution in [0.4, 0.5) is 0 Å². The van der Waals surface area contributed by atoms with Crippen LogP contribution in [0.1, 0.15) is 132 Å². The first kappa shape index (κ1) is 31.3. The van der Waals surface area contributed by atoms with Gasteiger partial charge in [-0.25, -0.2) is 0 Å². The molecule has 0 heterocycles. The van der Waals surface area contributed by atoms with Crippen LogP contribution >= 0.6 is 0 Å². The van der Waals surface area contributed by atoms with Crippen molar-refractivity contribution < 1.29 is 20.4 Å². The minimum absolute atomic E-state index is 0.383. The lowest BCUT2D eigenvalue weighted by molar-refractivity contribution is -0.257. The molecule has 0 radical (unpaired) electrons. The Bertz CT molecular complexity index is 918. The van der Waals surface area contributed by atoms with Gasteiger partial charge in [0.2, 0.25) is 0 Å². The fraction of sp³-hybridized carbons (Fsp3) is 1.00. The summed E-state index contributed by atoms with van der Waals surface area (Å²) in [6.45, 7) is 20.5. The highest BCUT2D eigenvalue weighted by Crippen LogP contribution is 2.79. The second-order valence-electron chi connectivity index (χ2n) is 17.7. The molecule has 40 heavy (non-hydrogen) atoms. The maximum Gasteiger partial charge on any atom is 0.108 e. The number of rotatable bonds is 7. The molecular weight excluding hydrogens is 496 g/mol. The number of hydrogen-bond donors (Lipinski definition) is 4. The van der Waals surface area contributed by atoms with Gasteiger partial charge in [0.05, 0.1) is 12.7 Å². The molecule has 232 valence electrons. The molecule has 0 amide bonds. The molecule has 14 atom stereocenters. The Kier molecular flexibility index (Phi) is 8.19. The van der Waals surface area contributed by atoms with Gasteiger partial charge in [0.15, 0.2) is 0 Å². The van der Waals surface area contributed by atoms with Crippen molar-refractivity contribution >= 4 is 0 Å². The Labute approximate surface area is 246 Å². The summed E-state index contributed by atoms with van der Waals surface area (Å²) >= 11 is 0. The zero-order chi connectivity index (χ0) is 29.5. The van der Waals surface area contributed by atoms with E-state index in [0.717, 1.165) is 36.0 Å². The van der Waals surface area contributed by atoms with Crippen molar-refractivity contribution in [2.24, 2.45) is 68.5 Å². The largest absolute Gasteiger partial charge is 0.394 e. The predicted octanol–water partition coefficient (Wildman–Crippen LogP) is 7.22. The third-order valence-corrected chi connectivity index (χ3v) is 15.7. The van der Waals surface area contributed by atoms with E-state index in [1.807, 2.05) is 0 Å². The van der Waals surface area contributed by atoms with E-state index < -0.39 is 24.9 Å². The molecule has 5 saturated carbocycles. The predicted molar refractivity (Wildman–Crippen MR) is 162 cm³/mol. The van der Waals surface area contributed by atoms with Gasteiger partial charge in [0, 0.05) is 0 Å². The molecule has 4 nitrogen and oxygen atoms in total. The van der Waals surface area contributed by atoms with E-state index in [0.29, 0.717) is 45.3 Å². The summed E-state index contributed by atoms with van der Waals surface area (Å²) in [5.74, 6) is 5.16. The molecule has 0 aromatic rings. The molecular formula is C36H64O4. The quantitative estimate of drug-likeness (QED) is 0.265. The van der Waals surface area contributed by atoms with Crippen LogP contribution in [0.25, 0.3) is 0 Å². The van der Waals surface area contributed by atoms with E-state index in [1.54, 1.807) is 0 Å². The standard InChI is InChI=1S/C36H64O4/c1-22(10-11-26(38)30(40)27(39)21-37)24-12-17-33(5)25(24)13-18-36(8)31(33)23(2)20-29-34(6)16-9-15-32(3,4)28(34)14-19-35(29,36)7/h22-31,37-40H,9-21H2,1-8H3/t22-,23+,24-,25+,26-,27+,28+,29-,30-,31-,33+,34+,35-,36-/m1/s1. The summed E-state index contributed by atoms with van der Waals surface area (Å²) in [6, 6.07) is 0. The maximum atomic E-state index is 10.5. The van der Waals surface area contributed by atoms with E-state index in [1.165, 1.54) is 64.2 Å². The summed E-state index contributed by atoms with van der Waals surface area (Å²) in [7, 11) is 0. The van der Waals surface area contributed by atoms with Crippen molar-refractivity contribution in [2.75, 3.05) is 6.61 Å². The number of fused-ring (bicyclic) bond motifs is 7. The van der Waals surface area contributed by atoms with Gasteiger partial charge < -0.3 is 20.4 Å². The summed E-state index contributed by atoms with van der Waals surface area (Å²) < 4.78 is 0. The van der Waals surface area contributed by atoms with Gasteiger partial charge in [-0.05, 0) is 139 Å². The third kappa shape index (κ3) is 4.42. The molecule has 5 fully saturated rings. The SMILES string of the molecule is C[C@H](CC[C@@H](O)[C@@H](O)[C@@H](O)CO)[C@H]1CC[C@]2(C)[C@H]3[C@@H](C)C[C@@H]4[C@@]5(C)CCCC(C)(C)[C@@H]5CC[C@@]4(C)[C@]3(C)CC[C@@H]12. The van der Waals surface area contributed by atoms with Crippen molar-refractivity contribution in [1.82, 2.24) is 0 Å². The van der Waals surface area contributed by atoms with Gasteiger partial charge in [0.1, 0.15) is 12.2 Å². The molecule has 0 aliphatic heterocycles. The van der Waals surface area contributed by atoms with Crippen LogP contribution in [-0.2, 0) is 0 Å². The Morgan fingerprint density at radius 1 is 0.725 bits per heavy atom. The monoisotopic (exact) mass is 560 g/mol. The minimum Gasteiger partial charge on any atom is -0.394 e. The van der Waals surface area contributed by atoms with Crippen LogP contribution in [0.15, 0.2) is 0 Å². The smallest absolute Gasteiger partial charge is 0.108 e. The van der Waals surface area contributed by atoms with Crippen molar-refractivity contribution in [3.8, 4) is 0 Å². The van der Waals surface area contributed by atoms with Gasteiger partial charge >= 0.3 is 0 Å². The molecule has 0 aromatic carbocycles. The highest BCUT2D eigenvalue weighted by atomic mass is 16.4. The zero-order valence-corrected chi connectivity index (χ0v) is 27.3. The topological polar surface area (TPSA) is 80.9 Å². The molecule has 0 spiro atoms. The molecule has 5 aliphatic carbocycles. The van der Waals surface area contributed by atoms with E-state index in [9.17, 15) is 15.3 Å². The molecule has 4 heteroatoms. The van der Waals surface area contributed by atoms with Crippen LogP contribution < -0.4 is 0 Å². The van der Waals surface area contributed by atoms with Crippen molar-refractivity contribution in [3.63, 3.8) is 0 Å². The number of aliphatic hydroxyl groups is 4. The maximum absolute atomic E-state index is 10.5. The highest BCUT2D eigenvalue weighted by Gasteiger charge is 2.71. The van der Waals surface area contributed by atoms with Crippen molar-refractivity contribution in [1.29, 1.82) is 0 Å². The van der Waals surface area contributed by atoms with E-state index in [4.69, 9.17) is 5.11 Å². The molecule has 0 bridgehead atoms. The fourth-order valence-electron chi connectivity index (χ4n) is 13.8. The Balaban J connectivity index is 1.36. The van der Waals surface area contributed by atoms with Gasteiger partial charge in [-0.1, -0.05) is 61.8 Å². The molecule has 0 aromatic heterocycles. The lowest BCUT2D eigenvalue weighted by Crippen LogP contribution is -2.67. The molecule has 0 unspecified atom stereocenters. The average molecular weight is 561 g/mol. The lowest BCUT2D eigenvalue weighted by Gasteiger charge is -2.74. The van der Waals surface area contributed by atoms with Crippen LogP contribution in [-0.4, -0.2) is 45.3 Å². The highest BCUT2D eigenvalue weighted by molar-refractivity contribution is 5.20. The zero-order valence-electron chi connectivity index (χ0n) is 27.3. The summed E-state index contributed by atoms with van der Waals surface area (Å²) in [4.78, 5) is 0. The van der Waals surface area contributed by atoms with Crippen LogP contribution in [0.2, 0.25) is 0 Å². The second kappa shape index (κ2) is 10.5.